The van der Waals surface area contributed by atoms with Crippen molar-refractivity contribution in [2.45, 2.75) is 64.6 Å². The molecule has 0 aromatic carbocycles. The molecule has 1 saturated heterocycles. The molecule has 21 heavy (non-hydrogen) atoms. The summed E-state index contributed by atoms with van der Waals surface area (Å²) in [6.07, 6.45) is 5.29. The topological polar surface area (TPSA) is 83.1 Å². The predicted octanol–water partition coefficient (Wildman–Crippen LogP) is 0.528. The Kier molecular flexibility index (Phi) is 6.46. The van der Waals surface area contributed by atoms with Crippen molar-refractivity contribution in [2.75, 3.05) is 0 Å². The SMILES string of the molecule is C#COOC1C(CC)OC(C)C(NC(C)=O)C1OC(C)=O. The van der Waals surface area contributed by atoms with Gasteiger partial charge in [0.25, 0.3) is 0 Å². The van der Waals surface area contributed by atoms with E-state index in [1.807, 2.05) is 13.0 Å². The summed E-state index contributed by atoms with van der Waals surface area (Å²) in [7, 11) is 0. The minimum Gasteiger partial charge on any atom is -0.457 e. The van der Waals surface area contributed by atoms with Crippen LogP contribution < -0.4 is 5.32 Å². The van der Waals surface area contributed by atoms with Crippen molar-refractivity contribution in [3.63, 3.8) is 0 Å². The van der Waals surface area contributed by atoms with Crippen LogP contribution in [-0.4, -0.2) is 42.3 Å². The highest BCUT2D eigenvalue weighted by Crippen LogP contribution is 2.28. The Morgan fingerprint density at radius 1 is 1.33 bits per heavy atom. The minimum absolute atomic E-state index is 0.265. The summed E-state index contributed by atoms with van der Waals surface area (Å²) in [5.41, 5.74) is 0. The molecule has 0 aliphatic carbocycles. The summed E-state index contributed by atoms with van der Waals surface area (Å²) >= 11 is 0. The van der Waals surface area contributed by atoms with Gasteiger partial charge in [0.15, 0.2) is 18.3 Å². The van der Waals surface area contributed by atoms with E-state index in [1.165, 1.54) is 13.8 Å². The normalized spacial score (nSPS) is 31.9. The number of hydrogen-bond donors (Lipinski definition) is 1. The molecule has 0 bridgehead atoms. The highest BCUT2D eigenvalue weighted by molar-refractivity contribution is 5.73. The molecular formula is C14H21NO6. The lowest BCUT2D eigenvalue weighted by molar-refractivity contribution is -0.334. The second kappa shape index (κ2) is 7.86. The predicted molar refractivity (Wildman–Crippen MR) is 72.6 cm³/mol. The molecule has 7 nitrogen and oxygen atoms in total. The highest BCUT2D eigenvalue weighted by Gasteiger charge is 2.48. The molecule has 0 spiro atoms. The molecule has 0 radical (unpaired) electrons. The number of hydrogen-bond acceptors (Lipinski definition) is 6. The van der Waals surface area contributed by atoms with Crippen molar-refractivity contribution in [1.82, 2.24) is 5.32 Å². The fraction of sp³-hybridized carbons (Fsp3) is 0.714. The third-order valence-electron chi connectivity index (χ3n) is 3.22. The lowest BCUT2D eigenvalue weighted by Gasteiger charge is -2.43. The summed E-state index contributed by atoms with van der Waals surface area (Å²) in [5.74, 6) is -0.757. The highest BCUT2D eigenvalue weighted by atomic mass is 17.2. The van der Waals surface area contributed by atoms with Crippen LogP contribution in [-0.2, 0) is 28.8 Å². The summed E-state index contributed by atoms with van der Waals surface area (Å²) < 4.78 is 11.1. The van der Waals surface area contributed by atoms with Crippen molar-refractivity contribution in [2.24, 2.45) is 0 Å². The maximum absolute atomic E-state index is 11.4. The number of amides is 1. The van der Waals surface area contributed by atoms with E-state index >= 15 is 0 Å². The quantitative estimate of drug-likeness (QED) is 0.345. The molecule has 7 heteroatoms. The Hall–Kier alpha value is -1.78. The van der Waals surface area contributed by atoms with Crippen LogP contribution in [0.25, 0.3) is 0 Å². The summed E-state index contributed by atoms with van der Waals surface area (Å²) in [5, 5.41) is 2.71. The number of ether oxygens (including phenoxy) is 2. The van der Waals surface area contributed by atoms with E-state index in [2.05, 4.69) is 10.2 Å². The molecule has 1 fully saturated rings. The van der Waals surface area contributed by atoms with Crippen LogP contribution in [0.15, 0.2) is 0 Å². The molecule has 0 saturated carbocycles. The van der Waals surface area contributed by atoms with E-state index in [4.69, 9.17) is 20.8 Å². The van der Waals surface area contributed by atoms with Gasteiger partial charge in [-0.1, -0.05) is 13.3 Å². The molecule has 5 atom stereocenters. The van der Waals surface area contributed by atoms with Crippen LogP contribution in [0, 0.1) is 12.5 Å². The second-order valence-corrected chi connectivity index (χ2v) is 4.85. The van der Waals surface area contributed by atoms with Gasteiger partial charge >= 0.3 is 5.97 Å². The van der Waals surface area contributed by atoms with Crippen molar-refractivity contribution in [3.05, 3.63) is 0 Å². The fourth-order valence-corrected chi connectivity index (χ4v) is 2.42. The average molecular weight is 299 g/mol. The summed E-state index contributed by atoms with van der Waals surface area (Å²) in [4.78, 5) is 32.4. The molecule has 0 aromatic heterocycles. The van der Waals surface area contributed by atoms with Gasteiger partial charge < -0.3 is 14.8 Å². The van der Waals surface area contributed by atoms with Gasteiger partial charge in [0, 0.05) is 13.8 Å². The van der Waals surface area contributed by atoms with E-state index in [-0.39, 0.29) is 18.1 Å². The van der Waals surface area contributed by atoms with Gasteiger partial charge in [-0.2, -0.15) is 4.89 Å². The molecule has 1 aliphatic rings. The van der Waals surface area contributed by atoms with Crippen LogP contribution in [0.1, 0.15) is 34.1 Å². The average Bonchev–Trinajstić information content (AvgIpc) is 2.40. The molecule has 1 N–H and O–H groups in total. The van der Waals surface area contributed by atoms with Gasteiger partial charge in [-0.3, -0.25) is 14.5 Å². The molecule has 1 heterocycles. The number of nitrogens with one attached hydrogen (secondary N) is 1. The third-order valence-corrected chi connectivity index (χ3v) is 3.22. The van der Waals surface area contributed by atoms with Crippen LogP contribution in [0.3, 0.4) is 0 Å². The standard InChI is InChI=1S/C14H21NO6/c1-6-11-13(21-18-7-2)14(20-10(5)17)12(8(3)19-11)15-9(4)16/h2,8,11-14H,6H2,1,3-5H3,(H,15,16). The second-order valence-electron chi connectivity index (χ2n) is 4.85. The van der Waals surface area contributed by atoms with E-state index in [1.54, 1.807) is 6.92 Å². The van der Waals surface area contributed by atoms with Crippen LogP contribution in [0.2, 0.25) is 0 Å². The number of rotatable bonds is 5. The first-order chi connectivity index (χ1) is 9.90. The molecule has 0 aromatic rings. The minimum atomic E-state index is -0.756. The van der Waals surface area contributed by atoms with E-state index in [0.717, 1.165) is 0 Å². The third kappa shape index (κ3) is 4.62. The van der Waals surface area contributed by atoms with E-state index < -0.39 is 24.2 Å². The van der Waals surface area contributed by atoms with Crippen LogP contribution in [0.4, 0.5) is 0 Å². The first kappa shape index (κ1) is 17.3. The largest absolute Gasteiger partial charge is 0.457 e. The van der Waals surface area contributed by atoms with Gasteiger partial charge in [0.1, 0.15) is 0 Å². The smallest absolute Gasteiger partial charge is 0.303 e. The molecule has 118 valence electrons. The monoisotopic (exact) mass is 299 g/mol. The zero-order valence-corrected chi connectivity index (χ0v) is 12.6. The zero-order valence-electron chi connectivity index (χ0n) is 12.6. The first-order valence-corrected chi connectivity index (χ1v) is 6.78. The first-order valence-electron chi connectivity index (χ1n) is 6.78. The maximum atomic E-state index is 11.4. The summed E-state index contributed by atoms with van der Waals surface area (Å²) in [6, 6.07) is -0.555. The lowest BCUT2D eigenvalue weighted by Crippen LogP contribution is -2.64. The Bertz CT molecular complexity index is 418. The lowest BCUT2D eigenvalue weighted by atomic mass is 9.92. The van der Waals surface area contributed by atoms with Crippen molar-refractivity contribution in [3.8, 4) is 12.5 Å². The van der Waals surface area contributed by atoms with Crippen molar-refractivity contribution < 1.29 is 28.8 Å². The van der Waals surface area contributed by atoms with Gasteiger partial charge in [0.05, 0.1) is 18.2 Å². The number of carbonyl (C=O) groups excluding carboxylic acids is 2. The number of esters is 1. The fourth-order valence-electron chi connectivity index (χ4n) is 2.42. The van der Waals surface area contributed by atoms with Crippen molar-refractivity contribution >= 4 is 11.9 Å². The summed E-state index contributed by atoms with van der Waals surface area (Å²) in [6.45, 7) is 6.34. The Morgan fingerprint density at radius 2 is 2.00 bits per heavy atom. The van der Waals surface area contributed by atoms with E-state index in [9.17, 15) is 9.59 Å². The van der Waals surface area contributed by atoms with Gasteiger partial charge in [-0.15, -0.1) is 0 Å². The Balaban J connectivity index is 3.02. The Labute approximate surface area is 124 Å². The van der Waals surface area contributed by atoms with Gasteiger partial charge in [0.2, 0.25) is 5.91 Å². The van der Waals surface area contributed by atoms with Gasteiger partial charge in [-0.25, -0.2) is 0 Å². The maximum Gasteiger partial charge on any atom is 0.303 e. The number of carbonyl (C=O) groups is 2. The zero-order chi connectivity index (χ0) is 16.0. The van der Waals surface area contributed by atoms with E-state index in [0.29, 0.717) is 6.42 Å². The van der Waals surface area contributed by atoms with Gasteiger partial charge in [-0.05, 0) is 13.3 Å². The van der Waals surface area contributed by atoms with Crippen LogP contribution in [0.5, 0.6) is 0 Å². The molecule has 5 unspecified atom stereocenters. The molecular weight excluding hydrogens is 278 g/mol. The molecule has 1 aliphatic heterocycles. The molecule has 1 rings (SSSR count). The number of terminal acetylenes is 1. The molecule has 1 amide bonds. The van der Waals surface area contributed by atoms with Crippen LogP contribution >= 0.6 is 0 Å². The Morgan fingerprint density at radius 3 is 2.48 bits per heavy atom. The van der Waals surface area contributed by atoms with Crippen molar-refractivity contribution in [1.29, 1.82) is 0 Å².